The molecule has 114 valence electrons. The number of nitrogens with one attached hydrogen (secondary N) is 1. The van der Waals surface area contributed by atoms with Gasteiger partial charge in [0.1, 0.15) is 6.54 Å². The van der Waals surface area contributed by atoms with E-state index >= 15 is 0 Å². The molecule has 2 aromatic rings. The fraction of sp³-hybridized carbons (Fsp3) is 0.467. The van der Waals surface area contributed by atoms with Crippen LogP contribution in [0.3, 0.4) is 0 Å². The van der Waals surface area contributed by atoms with Crippen LogP contribution in [0.4, 0.5) is 0 Å². The van der Waals surface area contributed by atoms with Crippen LogP contribution in [0.1, 0.15) is 26.7 Å². The Morgan fingerprint density at radius 2 is 2.14 bits per heavy atom. The molecule has 1 atom stereocenters. The molecule has 6 heteroatoms. The highest BCUT2D eigenvalue weighted by molar-refractivity contribution is 5.80. The van der Waals surface area contributed by atoms with Gasteiger partial charge >= 0.3 is 5.76 Å². The lowest BCUT2D eigenvalue weighted by Gasteiger charge is -2.29. The summed E-state index contributed by atoms with van der Waals surface area (Å²) in [4.78, 5) is 24.0. The summed E-state index contributed by atoms with van der Waals surface area (Å²) in [6.07, 6.45) is 1.16. The number of para-hydroxylation sites is 2. The number of aliphatic hydroxyl groups excluding tert-OH is 1. The average molecular weight is 292 g/mol. The van der Waals surface area contributed by atoms with Crippen molar-refractivity contribution in [2.45, 2.75) is 38.8 Å². The third kappa shape index (κ3) is 3.33. The molecule has 1 amide bonds. The number of carbonyl (C=O) groups is 1. The van der Waals surface area contributed by atoms with Crippen LogP contribution in [0.25, 0.3) is 11.1 Å². The number of aromatic nitrogens is 1. The van der Waals surface area contributed by atoms with E-state index in [1.807, 2.05) is 13.8 Å². The smallest absolute Gasteiger partial charge is 0.408 e. The van der Waals surface area contributed by atoms with Crippen molar-refractivity contribution in [3.05, 3.63) is 34.8 Å². The SMILES string of the molecule is CCC(C)(CCO)NC(=O)Cn1c(=O)oc2ccccc21. The lowest BCUT2D eigenvalue weighted by molar-refractivity contribution is -0.123. The third-order valence-electron chi connectivity index (χ3n) is 3.76. The van der Waals surface area contributed by atoms with Gasteiger partial charge in [-0.05, 0) is 31.9 Å². The largest absolute Gasteiger partial charge is 0.420 e. The van der Waals surface area contributed by atoms with E-state index in [2.05, 4.69) is 5.32 Å². The van der Waals surface area contributed by atoms with Crippen molar-refractivity contribution in [2.24, 2.45) is 0 Å². The molecule has 0 saturated carbocycles. The summed E-state index contributed by atoms with van der Waals surface area (Å²) in [5.41, 5.74) is 0.580. The standard InChI is InChI=1S/C15H20N2O4/c1-3-15(2,8-9-18)16-13(19)10-17-11-6-4-5-7-12(11)21-14(17)20/h4-7,18H,3,8-10H2,1-2H3,(H,16,19). The van der Waals surface area contributed by atoms with Crippen LogP contribution in [0.15, 0.2) is 33.5 Å². The summed E-state index contributed by atoms with van der Waals surface area (Å²) in [7, 11) is 0. The molecule has 0 radical (unpaired) electrons. The van der Waals surface area contributed by atoms with Crippen molar-refractivity contribution in [3.8, 4) is 0 Å². The monoisotopic (exact) mass is 292 g/mol. The second-order valence-electron chi connectivity index (χ2n) is 5.36. The Labute approximate surface area is 122 Å². The molecule has 0 saturated heterocycles. The van der Waals surface area contributed by atoms with Gasteiger partial charge < -0.3 is 14.8 Å². The quantitative estimate of drug-likeness (QED) is 0.839. The highest BCUT2D eigenvalue weighted by Gasteiger charge is 2.24. The summed E-state index contributed by atoms with van der Waals surface area (Å²) >= 11 is 0. The fourth-order valence-electron chi connectivity index (χ4n) is 2.26. The van der Waals surface area contributed by atoms with Crippen LogP contribution in [0.5, 0.6) is 0 Å². The third-order valence-corrected chi connectivity index (χ3v) is 3.76. The number of amides is 1. The summed E-state index contributed by atoms with van der Waals surface area (Å²) in [6.45, 7) is 3.71. The minimum atomic E-state index is -0.549. The number of oxazole rings is 1. The van der Waals surface area contributed by atoms with Gasteiger partial charge in [-0.15, -0.1) is 0 Å². The molecule has 0 fully saturated rings. The van der Waals surface area contributed by atoms with E-state index in [0.717, 1.165) is 0 Å². The van der Waals surface area contributed by atoms with Gasteiger partial charge in [-0.3, -0.25) is 9.36 Å². The Kier molecular flexibility index (Phi) is 4.47. The highest BCUT2D eigenvalue weighted by atomic mass is 16.4. The van der Waals surface area contributed by atoms with Crippen LogP contribution in [-0.2, 0) is 11.3 Å². The van der Waals surface area contributed by atoms with Crippen molar-refractivity contribution < 1.29 is 14.3 Å². The molecule has 0 aliphatic rings. The Bertz CT molecular complexity index is 688. The Balaban J connectivity index is 2.19. The molecule has 2 rings (SSSR count). The number of hydrogen-bond donors (Lipinski definition) is 2. The van der Waals surface area contributed by atoms with Crippen molar-refractivity contribution >= 4 is 17.0 Å². The Morgan fingerprint density at radius 1 is 1.43 bits per heavy atom. The number of rotatable bonds is 6. The molecule has 0 spiro atoms. The van der Waals surface area contributed by atoms with E-state index < -0.39 is 11.3 Å². The van der Waals surface area contributed by atoms with Crippen molar-refractivity contribution in [2.75, 3.05) is 6.61 Å². The summed E-state index contributed by atoms with van der Waals surface area (Å²) < 4.78 is 6.40. The van der Waals surface area contributed by atoms with Gasteiger partial charge in [0, 0.05) is 12.1 Å². The van der Waals surface area contributed by atoms with E-state index in [0.29, 0.717) is 23.9 Å². The molecule has 0 aliphatic carbocycles. The maximum atomic E-state index is 12.2. The van der Waals surface area contributed by atoms with Crippen molar-refractivity contribution in [1.82, 2.24) is 9.88 Å². The first kappa shape index (κ1) is 15.3. The topological polar surface area (TPSA) is 84.5 Å². The molecule has 2 N–H and O–H groups in total. The molecule has 0 aliphatic heterocycles. The van der Waals surface area contributed by atoms with E-state index in [1.54, 1.807) is 24.3 Å². The summed E-state index contributed by atoms with van der Waals surface area (Å²) in [5, 5.41) is 11.9. The number of benzene rings is 1. The highest BCUT2D eigenvalue weighted by Crippen LogP contribution is 2.15. The number of fused-ring (bicyclic) bond motifs is 1. The minimum absolute atomic E-state index is 0.000784. The van der Waals surface area contributed by atoms with Gasteiger partial charge in [0.15, 0.2) is 5.58 Å². The van der Waals surface area contributed by atoms with Gasteiger partial charge in [0.2, 0.25) is 5.91 Å². The van der Waals surface area contributed by atoms with Gasteiger partial charge in [-0.25, -0.2) is 4.79 Å². The molecular formula is C15H20N2O4. The van der Waals surface area contributed by atoms with E-state index in [1.165, 1.54) is 4.57 Å². The number of hydrogen-bond acceptors (Lipinski definition) is 4. The second kappa shape index (κ2) is 6.13. The van der Waals surface area contributed by atoms with E-state index in [-0.39, 0.29) is 19.1 Å². The molecule has 1 heterocycles. The first-order valence-electron chi connectivity index (χ1n) is 6.99. The van der Waals surface area contributed by atoms with Crippen LogP contribution < -0.4 is 11.1 Å². The molecule has 1 aromatic heterocycles. The number of carbonyl (C=O) groups excluding carboxylic acids is 1. The van der Waals surface area contributed by atoms with Gasteiger partial charge in [0.05, 0.1) is 5.52 Å². The molecule has 1 unspecified atom stereocenters. The van der Waals surface area contributed by atoms with Crippen LogP contribution >= 0.6 is 0 Å². The maximum absolute atomic E-state index is 12.2. The Morgan fingerprint density at radius 3 is 2.81 bits per heavy atom. The lowest BCUT2D eigenvalue weighted by Crippen LogP contribution is -2.47. The van der Waals surface area contributed by atoms with Crippen LogP contribution in [-0.4, -0.2) is 27.7 Å². The zero-order chi connectivity index (χ0) is 15.5. The molecule has 1 aromatic carbocycles. The number of nitrogens with zero attached hydrogens (tertiary/aromatic N) is 1. The zero-order valence-corrected chi connectivity index (χ0v) is 12.3. The van der Waals surface area contributed by atoms with Crippen LogP contribution in [0, 0.1) is 0 Å². The maximum Gasteiger partial charge on any atom is 0.420 e. The first-order valence-corrected chi connectivity index (χ1v) is 6.99. The van der Waals surface area contributed by atoms with E-state index in [4.69, 9.17) is 9.52 Å². The molecular weight excluding hydrogens is 272 g/mol. The predicted molar refractivity (Wildman–Crippen MR) is 79.0 cm³/mol. The number of aliphatic hydroxyl groups is 1. The normalized spacial score (nSPS) is 14.0. The van der Waals surface area contributed by atoms with Gasteiger partial charge in [-0.2, -0.15) is 0 Å². The molecule has 6 nitrogen and oxygen atoms in total. The summed E-state index contributed by atoms with van der Waals surface area (Å²) in [5.74, 6) is -0.826. The van der Waals surface area contributed by atoms with Crippen molar-refractivity contribution in [1.29, 1.82) is 0 Å². The first-order chi connectivity index (χ1) is 9.99. The van der Waals surface area contributed by atoms with E-state index in [9.17, 15) is 9.59 Å². The molecule has 0 bridgehead atoms. The average Bonchev–Trinajstić information content (AvgIpc) is 2.75. The summed E-state index contributed by atoms with van der Waals surface area (Å²) in [6, 6.07) is 6.98. The van der Waals surface area contributed by atoms with Crippen molar-refractivity contribution in [3.63, 3.8) is 0 Å². The van der Waals surface area contributed by atoms with Gasteiger partial charge in [0.25, 0.3) is 0 Å². The molecule has 21 heavy (non-hydrogen) atoms. The lowest BCUT2D eigenvalue weighted by atomic mass is 9.95. The minimum Gasteiger partial charge on any atom is -0.408 e. The second-order valence-corrected chi connectivity index (χ2v) is 5.36. The zero-order valence-electron chi connectivity index (χ0n) is 12.3. The Hall–Kier alpha value is -2.08. The predicted octanol–water partition coefficient (Wildman–Crippen LogP) is 1.26. The van der Waals surface area contributed by atoms with Gasteiger partial charge in [-0.1, -0.05) is 19.1 Å². The fourth-order valence-corrected chi connectivity index (χ4v) is 2.26. The van der Waals surface area contributed by atoms with Crippen LogP contribution in [0.2, 0.25) is 0 Å².